The molecule has 0 radical (unpaired) electrons. The number of amides is 1. The SMILES string of the molecule is CCc1cc(C(=O)NCc2ccccc2C)cc(N)n1. The topological polar surface area (TPSA) is 68.0 Å². The third-order valence-electron chi connectivity index (χ3n) is 3.22. The fourth-order valence-electron chi connectivity index (χ4n) is 2.01. The van der Waals surface area contributed by atoms with Gasteiger partial charge in [0, 0.05) is 17.8 Å². The summed E-state index contributed by atoms with van der Waals surface area (Å²) < 4.78 is 0. The lowest BCUT2D eigenvalue weighted by Crippen LogP contribution is -2.23. The number of aromatic nitrogens is 1. The number of benzene rings is 1. The van der Waals surface area contributed by atoms with Crippen molar-refractivity contribution in [2.24, 2.45) is 0 Å². The molecule has 2 aromatic rings. The molecule has 0 unspecified atom stereocenters. The number of hydrogen-bond acceptors (Lipinski definition) is 3. The van der Waals surface area contributed by atoms with Crippen LogP contribution < -0.4 is 11.1 Å². The lowest BCUT2D eigenvalue weighted by molar-refractivity contribution is 0.0950. The lowest BCUT2D eigenvalue weighted by Gasteiger charge is -2.09. The second kappa shape index (κ2) is 6.19. The summed E-state index contributed by atoms with van der Waals surface area (Å²) >= 11 is 0. The molecule has 104 valence electrons. The first kappa shape index (κ1) is 14.1. The summed E-state index contributed by atoms with van der Waals surface area (Å²) in [7, 11) is 0. The molecule has 1 heterocycles. The van der Waals surface area contributed by atoms with Gasteiger partial charge in [-0.15, -0.1) is 0 Å². The average molecular weight is 269 g/mol. The van der Waals surface area contributed by atoms with Crippen molar-refractivity contribution in [2.45, 2.75) is 26.8 Å². The van der Waals surface area contributed by atoms with Gasteiger partial charge in [-0.25, -0.2) is 4.98 Å². The number of pyridine rings is 1. The number of carbonyl (C=O) groups is 1. The Kier molecular flexibility index (Phi) is 4.35. The molecule has 4 heteroatoms. The number of anilines is 1. The molecule has 0 saturated heterocycles. The van der Waals surface area contributed by atoms with Crippen LogP contribution in [0.1, 0.15) is 34.1 Å². The summed E-state index contributed by atoms with van der Waals surface area (Å²) in [5.74, 6) is 0.252. The van der Waals surface area contributed by atoms with Crippen molar-refractivity contribution in [1.82, 2.24) is 10.3 Å². The van der Waals surface area contributed by atoms with Gasteiger partial charge in [-0.2, -0.15) is 0 Å². The summed E-state index contributed by atoms with van der Waals surface area (Å²) in [6.07, 6.45) is 0.753. The van der Waals surface area contributed by atoms with Gasteiger partial charge >= 0.3 is 0 Å². The van der Waals surface area contributed by atoms with E-state index in [0.717, 1.165) is 23.2 Å². The lowest BCUT2D eigenvalue weighted by atomic mass is 10.1. The van der Waals surface area contributed by atoms with E-state index in [9.17, 15) is 4.79 Å². The average Bonchev–Trinajstić information content (AvgIpc) is 2.45. The molecule has 1 aromatic carbocycles. The highest BCUT2D eigenvalue weighted by atomic mass is 16.1. The molecule has 0 saturated carbocycles. The molecular weight excluding hydrogens is 250 g/mol. The molecule has 1 aromatic heterocycles. The zero-order chi connectivity index (χ0) is 14.5. The molecule has 1 amide bonds. The number of nitrogens with one attached hydrogen (secondary N) is 1. The first-order chi connectivity index (χ1) is 9.60. The summed E-state index contributed by atoms with van der Waals surface area (Å²) in [4.78, 5) is 16.3. The molecule has 0 bridgehead atoms. The van der Waals surface area contributed by atoms with E-state index in [-0.39, 0.29) is 5.91 Å². The summed E-state index contributed by atoms with van der Waals surface area (Å²) in [5, 5.41) is 2.91. The molecule has 0 fully saturated rings. The van der Waals surface area contributed by atoms with Crippen LogP contribution in [0.25, 0.3) is 0 Å². The first-order valence-corrected chi connectivity index (χ1v) is 6.69. The Bertz CT molecular complexity index is 623. The van der Waals surface area contributed by atoms with Gasteiger partial charge < -0.3 is 11.1 Å². The van der Waals surface area contributed by atoms with Gasteiger partial charge in [-0.3, -0.25) is 4.79 Å². The predicted octanol–water partition coefficient (Wildman–Crippen LogP) is 2.46. The Morgan fingerprint density at radius 1 is 1.30 bits per heavy atom. The van der Waals surface area contributed by atoms with Crippen molar-refractivity contribution in [1.29, 1.82) is 0 Å². The Balaban J connectivity index is 2.09. The van der Waals surface area contributed by atoms with E-state index in [1.807, 2.05) is 38.1 Å². The molecule has 2 rings (SSSR count). The van der Waals surface area contributed by atoms with Gasteiger partial charge in [-0.05, 0) is 36.6 Å². The summed E-state index contributed by atoms with van der Waals surface area (Å²) in [6, 6.07) is 11.4. The Labute approximate surface area is 119 Å². The number of hydrogen-bond donors (Lipinski definition) is 2. The van der Waals surface area contributed by atoms with Crippen LogP contribution in [-0.4, -0.2) is 10.9 Å². The van der Waals surface area contributed by atoms with E-state index in [1.165, 1.54) is 0 Å². The highest BCUT2D eigenvalue weighted by Gasteiger charge is 2.08. The highest BCUT2D eigenvalue weighted by Crippen LogP contribution is 2.10. The van der Waals surface area contributed by atoms with Gasteiger partial charge in [0.1, 0.15) is 5.82 Å². The predicted molar refractivity (Wildman–Crippen MR) is 80.4 cm³/mol. The van der Waals surface area contributed by atoms with Crippen LogP contribution in [0.2, 0.25) is 0 Å². The van der Waals surface area contributed by atoms with Crippen LogP contribution in [0.15, 0.2) is 36.4 Å². The fraction of sp³-hybridized carbons (Fsp3) is 0.250. The van der Waals surface area contributed by atoms with Crippen LogP contribution >= 0.6 is 0 Å². The van der Waals surface area contributed by atoms with Crippen LogP contribution in [0.4, 0.5) is 5.82 Å². The number of aryl methyl sites for hydroxylation is 2. The molecule has 0 aliphatic carbocycles. The molecular formula is C16H19N3O. The minimum Gasteiger partial charge on any atom is -0.384 e. The molecule has 0 spiro atoms. The number of nitrogen functional groups attached to an aromatic ring is 1. The maximum absolute atomic E-state index is 12.2. The van der Waals surface area contributed by atoms with Crippen molar-refractivity contribution in [3.63, 3.8) is 0 Å². The van der Waals surface area contributed by atoms with E-state index >= 15 is 0 Å². The molecule has 0 atom stereocenters. The standard InChI is InChI=1S/C16H19N3O/c1-3-14-8-13(9-15(17)19-14)16(20)18-10-12-7-5-4-6-11(12)2/h4-9H,3,10H2,1-2H3,(H2,17,19)(H,18,20). The van der Waals surface area contributed by atoms with E-state index in [1.54, 1.807) is 12.1 Å². The van der Waals surface area contributed by atoms with E-state index in [2.05, 4.69) is 10.3 Å². The molecule has 0 aliphatic heterocycles. The highest BCUT2D eigenvalue weighted by molar-refractivity contribution is 5.94. The minimum absolute atomic E-state index is 0.128. The fourth-order valence-corrected chi connectivity index (χ4v) is 2.01. The van der Waals surface area contributed by atoms with Crippen LogP contribution in [0.5, 0.6) is 0 Å². The van der Waals surface area contributed by atoms with Crippen molar-refractivity contribution in [2.75, 3.05) is 5.73 Å². The maximum Gasteiger partial charge on any atom is 0.251 e. The molecule has 4 nitrogen and oxygen atoms in total. The summed E-state index contributed by atoms with van der Waals surface area (Å²) in [6.45, 7) is 4.52. The number of nitrogens with two attached hydrogens (primary N) is 1. The van der Waals surface area contributed by atoms with Gasteiger partial charge in [0.2, 0.25) is 0 Å². The number of carbonyl (C=O) groups excluding carboxylic acids is 1. The van der Waals surface area contributed by atoms with Crippen molar-refractivity contribution in [3.8, 4) is 0 Å². The van der Waals surface area contributed by atoms with Gasteiger partial charge in [0.15, 0.2) is 0 Å². The summed E-state index contributed by atoms with van der Waals surface area (Å²) in [5.41, 5.74) is 9.37. The quantitative estimate of drug-likeness (QED) is 0.896. The number of nitrogens with zero attached hydrogens (tertiary/aromatic N) is 1. The van der Waals surface area contributed by atoms with Crippen LogP contribution in [0.3, 0.4) is 0 Å². The first-order valence-electron chi connectivity index (χ1n) is 6.69. The van der Waals surface area contributed by atoms with Gasteiger partial charge in [0.05, 0.1) is 0 Å². The maximum atomic E-state index is 12.2. The van der Waals surface area contributed by atoms with E-state index in [0.29, 0.717) is 17.9 Å². The van der Waals surface area contributed by atoms with E-state index in [4.69, 9.17) is 5.73 Å². The smallest absolute Gasteiger partial charge is 0.251 e. The monoisotopic (exact) mass is 269 g/mol. The third kappa shape index (κ3) is 3.35. The Morgan fingerprint density at radius 2 is 2.05 bits per heavy atom. The normalized spacial score (nSPS) is 10.3. The zero-order valence-electron chi connectivity index (χ0n) is 11.8. The molecule has 20 heavy (non-hydrogen) atoms. The van der Waals surface area contributed by atoms with Crippen LogP contribution in [0, 0.1) is 6.92 Å². The van der Waals surface area contributed by atoms with Gasteiger partial charge in [0.25, 0.3) is 5.91 Å². The second-order valence-electron chi connectivity index (χ2n) is 4.73. The largest absolute Gasteiger partial charge is 0.384 e. The second-order valence-corrected chi connectivity index (χ2v) is 4.73. The minimum atomic E-state index is -0.128. The Hall–Kier alpha value is -2.36. The van der Waals surface area contributed by atoms with E-state index < -0.39 is 0 Å². The van der Waals surface area contributed by atoms with Gasteiger partial charge in [-0.1, -0.05) is 31.2 Å². The third-order valence-corrected chi connectivity index (χ3v) is 3.22. The van der Waals surface area contributed by atoms with Crippen molar-refractivity contribution >= 4 is 11.7 Å². The molecule has 3 N–H and O–H groups in total. The number of rotatable bonds is 4. The zero-order valence-corrected chi connectivity index (χ0v) is 11.8. The van der Waals surface area contributed by atoms with Crippen LogP contribution in [-0.2, 0) is 13.0 Å². The van der Waals surface area contributed by atoms with Crippen molar-refractivity contribution in [3.05, 3.63) is 58.8 Å². The van der Waals surface area contributed by atoms with Crippen molar-refractivity contribution < 1.29 is 4.79 Å². The Morgan fingerprint density at radius 3 is 2.75 bits per heavy atom. The molecule has 0 aliphatic rings.